The van der Waals surface area contributed by atoms with Crippen LogP contribution in [-0.4, -0.2) is 11.1 Å². The van der Waals surface area contributed by atoms with Crippen molar-refractivity contribution in [3.63, 3.8) is 0 Å². The Labute approximate surface area is 91.4 Å². The summed E-state index contributed by atoms with van der Waals surface area (Å²) in [5, 5.41) is 9.44. The Hall–Kier alpha value is -0.770. The molecule has 1 aromatic rings. The molecule has 14 heavy (non-hydrogen) atoms. The lowest BCUT2D eigenvalue weighted by molar-refractivity contribution is -0.137. The molecule has 0 heterocycles. The molecule has 0 saturated heterocycles. The maximum Gasteiger partial charge on any atom is 0.305 e. The third-order valence-electron chi connectivity index (χ3n) is 1.71. The zero-order valence-electron chi connectivity index (χ0n) is 7.21. The molecule has 1 atom stereocenters. The summed E-state index contributed by atoms with van der Waals surface area (Å²) in [5.74, 6) is -0.950. The van der Waals surface area contributed by atoms with Gasteiger partial charge in [0.05, 0.1) is 6.42 Å². The smallest absolute Gasteiger partial charge is 0.305 e. The van der Waals surface area contributed by atoms with Crippen molar-refractivity contribution in [3.8, 4) is 0 Å². The van der Waals surface area contributed by atoms with E-state index in [1.54, 1.807) is 18.2 Å². The fourth-order valence-corrected chi connectivity index (χ4v) is 1.64. The normalized spacial score (nSPS) is 12.5. The second-order valence-electron chi connectivity index (χ2n) is 2.91. The summed E-state index contributed by atoms with van der Waals surface area (Å²) in [5.41, 5.74) is 6.27. The zero-order valence-corrected chi connectivity index (χ0v) is 8.72. The average molecular weight is 234 g/mol. The van der Waals surface area contributed by atoms with Gasteiger partial charge in [-0.1, -0.05) is 23.2 Å². The maximum atomic E-state index is 10.4. The molecule has 3 nitrogen and oxygen atoms in total. The van der Waals surface area contributed by atoms with Crippen molar-refractivity contribution in [1.82, 2.24) is 0 Å². The highest BCUT2D eigenvalue weighted by Gasteiger charge is 2.11. The fourth-order valence-electron chi connectivity index (χ4n) is 1.10. The lowest BCUT2D eigenvalue weighted by Crippen LogP contribution is -2.14. The van der Waals surface area contributed by atoms with Gasteiger partial charge < -0.3 is 10.8 Å². The van der Waals surface area contributed by atoms with E-state index >= 15 is 0 Å². The Bertz CT molecular complexity index is 334. The van der Waals surface area contributed by atoms with Crippen LogP contribution >= 0.6 is 23.2 Å². The molecule has 3 N–H and O–H groups in total. The molecule has 0 spiro atoms. The van der Waals surface area contributed by atoms with Crippen LogP contribution in [0.15, 0.2) is 18.2 Å². The van der Waals surface area contributed by atoms with Crippen molar-refractivity contribution in [3.05, 3.63) is 33.8 Å². The lowest BCUT2D eigenvalue weighted by atomic mass is 10.1. The van der Waals surface area contributed by atoms with Crippen LogP contribution in [-0.2, 0) is 4.79 Å². The molecular weight excluding hydrogens is 225 g/mol. The summed E-state index contributed by atoms with van der Waals surface area (Å²) in [6.45, 7) is 0. The molecule has 76 valence electrons. The summed E-state index contributed by atoms with van der Waals surface area (Å²) in [7, 11) is 0. The molecule has 0 aliphatic rings. The highest BCUT2D eigenvalue weighted by Crippen LogP contribution is 2.23. The lowest BCUT2D eigenvalue weighted by Gasteiger charge is -2.09. The molecule has 0 aromatic heterocycles. The third kappa shape index (κ3) is 3.18. The van der Waals surface area contributed by atoms with Gasteiger partial charge in [0, 0.05) is 16.1 Å². The first-order valence-electron chi connectivity index (χ1n) is 3.92. The van der Waals surface area contributed by atoms with Crippen LogP contribution in [0.3, 0.4) is 0 Å². The summed E-state index contributed by atoms with van der Waals surface area (Å²) in [6, 6.07) is 4.21. The predicted octanol–water partition coefficient (Wildman–Crippen LogP) is 2.47. The van der Waals surface area contributed by atoms with Gasteiger partial charge in [0.15, 0.2) is 0 Å². The molecule has 1 rings (SSSR count). The number of hydrogen-bond acceptors (Lipinski definition) is 2. The molecule has 5 heteroatoms. The van der Waals surface area contributed by atoms with E-state index in [-0.39, 0.29) is 6.42 Å². The first-order chi connectivity index (χ1) is 6.49. The van der Waals surface area contributed by atoms with Crippen LogP contribution in [0.2, 0.25) is 10.0 Å². The van der Waals surface area contributed by atoms with Gasteiger partial charge in [-0.2, -0.15) is 0 Å². The molecule has 0 aliphatic heterocycles. The van der Waals surface area contributed by atoms with Crippen LogP contribution in [0.5, 0.6) is 0 Å². The van der Waals surface area contributed by atoms with Crippen LogP contribution < -0.4 is 5.73 Å². The fraction of sp³-hybridized carbons (Fsp3) is 0.222. The van der Waals surface area contributed by atoms with Crippen molar-refractivity contribution in [2.24, 2.45) is 5.73 Å². The van der Waals surface area contributed by atoms with Gasteiger partial charge in [0.25, 0.3) is 0 Å². The molecule has 0 saturated carbocycles. The summed E-state index contributed by atoms with van der Waals surface area (Å²) in [4.78, 5) is 10.4. The van der Waals surface area contributed by atoms with Crippen LogP contribution in [0.4, 0.5) is 0 Å². The summed E-state index contributed by atoms with van der Waals surface area (Å²) >= 11 is 11.5. The van der Waals surface area contributed by atoms with E-state index in [2.05, 4.69) is 0 Å². The number of halogens is 2. The van der Waals surface area contributed by atoms with Gasteiger partial charge in [-0.05, 0) is 23.8 Å². The number of hydrogen-bond donors (Lipinski definition) is 2. The molecule has 0 unspecified atom stereocenters. The first-order valence-corrected chi connectivity index (χ1v) is 4.68. The highest BCUT2D eigenvalue weighted by atomic mass is 35.5. The molecule has 0 aliphatic carbocycles. The number of benzene rings is 1. The van der Waals surface area contributed by atoms with E-state index in [4.69, 9.17) is 34.0 Å². The van der Waals surface area contributed by atoms with Gasteiger partial charge in [0.1, 0.15) is 0 Å². The van der Waals surface area contributed by atoms with E-state index in [1.165, 1.54) is 0 Å². The summed E-state index contributed by atoms with van der Waals surface area (Å²) < 4.78 is 0. The molecule has 0 amide bonds. The first kappa shape index (κ1) is 11.3. The second kappa shape index (κ2) is 4.64. The number of aliphatic carboxylic acids is 1. The van der Waals surface area contributed by atoms with Crippen molar-refractivity contribution in [2.45, 2.75) is 12.5 Å². The van der Waals surface area contributed by atoms with E-state index in [1.807, 2.05) is 0 Å². The van der Waals surface area contributed by atoms with Gasteiger partial charge >= 0.3 is 5.97 Å². The minimum Gasteiger partial charge on any atom is -0.481 e. The Morgan fingerprint density at radius 1 is 1.36 bits per heavy atom. The van der Waals surface area contributed by atoms with E-state index in [0.717, 1.165) is 0 Å². The zero-order chi connectivity index (χ0) is 10.7. The Morgan fingerprint density at radius 3 is 2.29 bits per heavy atom. The van der Waals surface area contributed by atoms with Crippen molar-refractivity contribution in [1.29, 1.82) is 0 Å². The largest absolute Gasteiger partial charge is 0.481 e. The highest BCUT2D eigenvalue weighted by molar-refractivity contribution is 6.34. The van der Waals surface area contributed by atoms with Gasteiger partial charge in [-0.3, -0.25) is 4.79 Å². The standard InChI is InChI=1S/C9H9Cl2NO2/c10-6-1-5(2-7(11)3-6)8(12)4-9(13)14/h1-3,8H,4,12H2,(H,13,14)/t8-/m0/s1. The SMILES string of the molecule is N[C@@H](CC(=O)O)c1cc(Cl)cc(Cl)c1. The minimum atomic E-state index is -0.950. The van der Waals surface area contributed by atoms with Crippen LogP contribution in [0.25, 0.3) is 0 Å². The minimum absolute atomic E-state index is 0.142. The van der Waals surface area contributed by atoms with E-state index in [0.29, 0.717) is 15.6 Å². The quantitative estimate of drug-likeness (QED) is 0.844. The number of nitrogens with two attached hydrogens (primary N) is 1. The second-order valence-corrected chi connectivity index (χ2v) is 3.78. The monoisotopic (exact) mass is 233 g/mol. The van der Waals surface area contributed by atoms with Gasteiger partial charge in [-0.15, -0.1) is 0 Å². The Kier molecular flexibility index (Phi) is 3.75. The number of carbonyl (C=O) groups is 1. The Morgan fingerprint density at radius 2 is 1.86 bits per heavy atom. The summed E-state index contributed by atoms with van der Waals surface area (Å²) in [6.07, 6.45) is -0.142. The van der Waals surface area contributed by atoms with Crippen molar-refractivity contribution in [2.75, 3.05) is 0 Å². The number of carboxylic acid groups (broad SMARTS) is 1. The molecule has 0 radical (unpaired) electrons. The number of carboxylic acids is 1. The van der Waals surface area contributed by atoms with Crippen molar-refractivity contribution >= 4 is 29.2 Å². The average Bonchev–Trinajstić information content (AvgIpc) is 2.00. The van der Waals surface area contributed by atoms with Gasteiger partial charge in [0.2, 0.25) is 0 Å². The van der Waals surface area contributed by atoms with E-state index < -0.39 is 12.0 Å². The van der Waals surface area contributed by atoms with Crippen LogP contribution in [0, 0.1) is 0 Å². The Balaban J connectivity index is 2.89. The predicted molar refractivity (Wildman–Crippen MR) is 55.6 cm³/mol. The van der Waals surface area contributed by atoms with Gasteiger partial charge in [-0.25, -0.2) is 0 Å². The van der Waals surface area contributed by atoms with Crippen LogP contribution in [0.1, 0.15) is 18.0 Å². The number of rotatable bonds is 3. The molecule has 1 aromatic carbocycles. The van der Waals surface area contributed by atoms with Crippen molar-refractivity contribution < 1.29 is 9.90 Å². The molecule has 0 bridgehead atoms. The topological polar surface area (TPSA) is 63.3 Å². The third-order valence-corrected chi connectivity index (χ3v) is 2.14. The molecular formula is C9H9Cl2NO2. The molecule has 0 fully saturated rings. The maximum absolute atomic E-state index is 10.4. The van der Waals surface area contributed by atoms with E-state index in [9.17, 15) is 4.79 Å².